The zero-order valence-corrected chi connectivity index (χ0v) is 18.4. The molecule has 31 heavy (non-hydrogen) atoms. The number of aliphatic hydroxyl groups is 2. The summed E-state index contributed by atoms with van der Waals surface area (Å²) in [5.74, 6) is 0.336. The van der Waals surface area contributed by atoms with E-state index in [1.54, 1.807) is 6.92 Å². The largest absolute Gasteiger partial charge is 0.388 e. The Kier molecular flexibility index (Phi) is 8.50. The van der Waals surface area contributed by atoms with Crippen molar-refractivity contribution < 1.29 is 19.7 Å². The molecule has 7 atom stereocenters. The number of H-pyrrole nitrogens is 1. The lowest BCUT2D eigenvalue weighted by atomic mass is 9.91. The van der Waals surface area contributed by atoms with Crippen LogP contribution in [0.2, 0.25) is 0 Å². The van der Waals surface area contributed by atoms with Gasteiger partial charge >= 0.3 is 5.69 Å². The zero-order valence-electron chi connectivity index (χ0n) is 18.4. The molecule has 12 heteroatoms. The molecule has 0 bridgehead atoms. The third-order valence-corrected chi connectivity index (χ3v) is 5.44. The maximum atomic E-state index is 11.8. The molecule has 0 aliphatic carbocycles. The number of aromatic nitrogens is 2. The first-order valence-corrected chi connectivity index (χ1v) is 10.3. The molecule has 0 amide bonds. The standard InChI is InChI=1S/C12H17N5O3.C7H13BO3/c1-6(2)10-8(15-16-13)4-9(20-10)17-5-7(3)11(18)14-12(17)19;1-3(2)6-4(9)5(10)7(8)11-6/h5-6,8-10H,4H2,1-3H3,(H,14,18,19);3-7,9-10H,1-2H3. The average Bonchev–Trinajstić information content (AvgIpc) is 3.22. The third kappa shape index (κ3) is 5.78. The topological polar surface area (TPSA) is 163 Å². The van der Waals surface area contributed by atoms with Gasteiger partial charge in [-0.2, -0.15) is 0 Å². The number of nitrogens with zero attached hydrogens (tertiary/aromatic N) is 4. The summed E-state index contributed by atoms with van der Waals surface area (Å²) in [6, 6.07) is -1.05. The van der Waals surface area contributed by atoms with E-state index in [4.69, 9.17) is 22.9 Å². The van der Waals surface area contributed by atoms with E-state index in [2.05, 4.69) is 15.0 Å². The Balaban J connectivity index is 0.000000262. The van der Waals surface area contributed by atoms with Crippen molar-refractivity contribution in [3.8, 4) is 0 Å². The van der Waals surface area contributed by atoms with E-state index in [9.17, 15) is 19.8 Å². The quantitative estimate of drug-likeness (QED) is 0.273. The van der Waals surface area contributed by atoms with Crippen molar-refractivity contribution in [3.05, 3.63) is 43.0 Å². The number of nitrogens with one attached hydrogen (secondary N) is 1. The molecule has 0 aromatic carbocycles. The van der Waals surface area contributed by atoms with Crippen LogP contribution in [0.3, 0.4) is 0 Å². The zero-order chi connectivity index (χ0) is 23.5. The molecule has 3 heterocycles. The van der Waals surface area contributed by atoms with E-state index in [0.717, 1.165) is 0 Å². The van der Waals surface area contributed by atoms with Gasteiger partial charge in [0.2, 0.25) is 0 Å². The summed E-state index contributed by atoms with van der Waals surface area (Å²) in [6.07, 6.45) is -0.997. The predicted octanol–water partition coefficient (Wildman–Crippen LogP) is 0.725. The molecule has 2 fully saturated rings. The van der Waals surface area contributed by atoms with Gasteiger partial charge in [0, 0.05) is 29.1 Å². The molecule has 3 N–H and O–H groups in total. The minimum atomic E-state index is -0.942. The first-order valence-electron chi connectivity index (χ1n) is 10.3. The van der Waals surface area contributed by atoms with Crippen LogP contribution in [0.4, 0.5) is 0 Å². The second-order valence-corrected chi connectivity index (χ2v) is 8.58. The number of aryl methyl sites for hydroxylation is 1. The lowest BCUT2D eigenvalue weighted by molar-refractivity contribution is -0.0234. The first-order chi connectivity index (χ1) is 14.5. The van der Waals surface area contributed by atoms with Crippen LogP contribution in [0.15, 0.2) is 20.9 Å². The molecular formula is C19H30BN5O6. The number of rotatable bonds is 4. The van der Waals surface area contributed by atoms with E-state index in [1.807, 2.05) is 27.7 Å². The average molecular weight is 435 g/mol. The van der Waals surface area contributed by atoms with Crippen molar-refractivity contribution in [2.75, 3.05) is 0 Å². The molecule has 2 aliphatic heterocycles. The van der Waals surface area contributed by atoms with Crippen LogP contribution >= 0.6 is 0 Å². The van der Waals surface area contributed by atoms with Gasteiger partial charge in [-0.05, 0) is 24.3 Å². The maximum absolute atomic E-state index is 11.8. The molecule has 2 radical (unpaired) electrons. The van der Waals surface area contributed by atoms with Gasteiger partial charge in [-0.3, -0.25) is 14.3 Å². The van der Waals surface area contributed by atoms with Crippen molar-refractivity contribution in [2.24, 2.45) is 17.0 Å². The highest BCUT2D eigenvalue weighted by atomic mass is 16.5. The summed E-state index contributed by atoms with van der Waals surface area (Å²) in [5.41, 5.74) is 8.11. The van der Waals surface area contributed by atoms with Crippen molar-refractivity contribution in [3.63, 3.8) is 0 Å². The summed E-state index contributed by atoms with van der Waals surface area (Å²) >= 11 is 0. The smallest absolute Gasteiger partial charge is 0.330 e. The highest BCUT2D eigenvalue weighted by Gasteiger charge is 2.41. The van der Waals surface area contributed by atoms with Gasteiger partial charge in [-0.1, -0.05) is 32.8 Å². The van der Waals surface area contributed by atoms with Crippen LogP contribution in [0.25, 0.3) is 10.4 Å². The summed E-state index contributed by atoms with van der Waals surface area (Å²) in [6.45, 7) is 9.38. The highest BCUT2D eigenvalue weighted by molar-refractivity contribution is 6.11. The molecule has 170 valence electrons. The van der Waals surface area contributed by atoms with Crippen LogP contribution in [0, 0.1) is 18.8 Å². The van der Waals surface area contributed by atoms with Gasteiger partial charge in [0.25, 0.3) is 5.56 Å². The van der Waals surface area contributed by atoms with E-state index >= 15 is 0 Å². The van der Waals surface area contributed by atoms with Crippen molar-refractivity contribution in [2.45, 2.75) is 83.7 Å². The van der Waals surface area contributed by atoms with Gasteiger partial charge in [0.15, 0.2) is 0 Å². The van der Waals surface area contributed by atoms with Crippen molar-refractivity contribution in [1.29, 1.82) is 0 Å². The van der Waals surface area contributed by atoms with Gasteiger partial charge < -0.3 is 19.7 Å². The fourth-order valence-corrected chi connectivity index (χ4v) is 3.71. The van der Waals surface area contributed by atoms with Gasteiger partial charge in [-0.15, -0.1) is 0 Å². The van der Waals surface area contributed by atoms with Crippen LogP contribution in [-0.4, -0.2) is 64.1 Å². The fraction of sp³-hybridized carbons (Fsp3) is 0.789. The summed E-state index contributed by atoms with van der Waals surface area (Å²) in [7, 11) is 5.36. The molecule has 7 unspecified atom stereocenters. The minimum absolute atomic E-state index is 0.162. The fourth-order valence-electron chi connectivity index (χ4n) is 3.71. The minimum Gasteiger partial charge on any atom is -0.388 e. The Morgan fingerprint density at radius 3 is 2.26 bits per heavy atom. The van der Waals surface area contributed by atoms with Crippen LogP contribution in [-0.2, 0) is 9.47 Å². The number of azide groups is 1. The normalized spacial score (nSPS) is 32.6. The Morgan fingerprint density at radius 2 is 1.81 bits per heavy atom. The number of ether oxygens (including phenoxy) is 2. The second kappa shape index (κ2) is 10.5. The lowest BCUT2D eigenvalue weighted by Gasteiger charge is -2.19. The number of hydrogen-bond acceptors (Lipinski definition) is 7. The van der Waals surface area contributed by atoms with E-state index in [-0.39, 0.29) is 30.1 Å². The second-order valence-electron chi connectivity index (χ2n) is 8.58. The molecule has 0 spiro atoms. The van der Waals surface area contributed by atoms with E-state index < -0.39 is 35.7 Å². The first kappa shape index (κ1) is 25.2. The summed E-state index contributed by atoms with van der Waals surface area (Å²) in [4.78, 5) is 28.3. The van der Waals surface area contributed by atoms with Crippen LogP contribution in [0.5, 0.6) is 0 Å². The van der Waals surface area contributed by atoms with Gasteiger partial charge in [-0.25, -0.2) is 4.79 Å². The molecule has 0 saturated carbocycles. The van der Waals surface area contributed by atoms with Crippen LogP contribution < -0.4 is 11.2 Å². The Labute approximate surface area is 181 Å². The molecule has 2 aliphatic rings. The molecule has 11 nitrogen and oxygen atoms in total. The highest BCUT2D eigenvalue weighted by Crippen LogP contribution is 2.33. The maximum Gasteiger partial charge on any atom is 0.330 e. The monoisotopic (exact) mass is 435 g/mol. The third-order valence-electron chi connectivity index (χ3n) is 5.44. The molecule has 1 aromatic heterocycles. The summed E-state index contributed by atoms with van der Waals surface area (Å²) in [5, 5.41) is 22.3. The van der Waals surface area contributed by atoms with Gasteiger partial charge in [0.1, 0.15) is 20.2 Å². The van der Waals surface area contributed by atoms with Crippen molar-refractivity contribution in [1.82, 2.24) is 9.55 Å². The Morgan fingerprint density at radius 1 is 1.19 bits per heavy atom. The SMILES string of the molecule is Cc1cn(C2CC(N=[N+]=[N-])C(C(C)C)O2)c(=O)[nH]c1=O.[B]C1OC(C(C)C)C(O)C1O. The number of aliphatic hydroxyl groups excluding tert-OH is 2. The number of aromatic amines is 1. The van der Waals surface area contributed by atoms with E-state index in [1.165, 1.54) is 10.8 Å². The predicted molar refractivity (Wildman–Crippen MR) is 114 cm³/mol. The lowest BCUT2D eigenvalue weighted by Crippen LogP contribution is -2.34. The van der Waals surface area contributed by atoms with Crippen molar-refractivity contribution >= 4 is 7.85 Å². The molecule has 2 saturated heterocycles. The van der Waals surface area contributed by atoms with Crippen LogP contribution in [0.1, 0.15) is 45.9 Å². The molecular weight excluding hydrogens is 405 g/mol. The van der Waals surface area contributed by atoms with Gasteiger partial charge in [0.05, 0.1) is 24.4 Å². The Hall–Kier alpha value is -2.11. The van der Waals surface area contributed by atoms with E-state index in [0.29, 0.717) is 12.0 Å². The Bertz CT molecular complexity index is 912. The summed E-state index contributed by atoms with van der Waals surface area (Å²) < 4.78 is 12.3. The molecule has 3 rings (SSSR count). The number of hydrogen-bond donors (Lipinski definition) is 3. The molecule has 1 aromatic rings.